The first kappa shape index (κ1) is 11.0. The predicted molar refractivity (Wildman–Crippen MR) is 68.4 cm³/mol. The van der Waals surface area contributed by atoms with Crippen LogP contribution < -0.4 is 10.2 Å². The van der Waals surface area contributed by atoms with E-state index in [1.54, 1.807) is 0 Å². The van der Waals surface area contributed by atoms with Crippen LogP contribution in [0.15, 0.2) is 0 Å². The Labute approximate surface area is 102 Å². The predicted octanol–water partition coefficient (Wildman–Crippen LogP) is 1.46. The minimum Gasteiger partial charge on any atom is -0.347 e. The Morgan fingerprint density at radius 3 is 2.71 bits per heavy atom. The second kappa shape index (κ2) is 4.26. The molecular weight excluding hydrogens is 212 g/mol. The SMILES string of the molecule is CN(C)c1nc2c(c(C3CCC3)n1)CNCC2. The normalized spacial score (nSPS) is 19.6. The maximum absolute atomic E-state index is 4.78. The number of fused-ring (bicyclic) bond motifs is 1. The number of hydrogen-bond donors (Lipinski definition) is 1. The summed E-state index contributed by atoms with van der Waals surface area (Å²) in [6, 6.07) is 0. The Morgan fingerprint density at radius 1 is 1.24 bits per heavy atom. The van der Waals surface area contributed by atoms with Crippen LogP contribution in [0.4, 0.5) is 5.95 Å². The lowest BCUT2D eigenvalue weighted by Crippen LogP contribution is -2.29. The number of rotatable bonds is 2. The summed E-state index contributed by atoms with van der Waals surface area (Å²) in [7, 11) is 4.04. The molecule has 0 saturated heterocycles. The van der Waals surface area contributed by atoms with E-state index < -0.39 is 0 Å². The van der Waals surface area contributed by atoms with E-state index in [1.807, 2.05) is 19.0 Å². The molecule has 0 spiro atoms. The molecule has 1 aliphatic heterocycles. The maximum Gasteiger partial charge on any atom is 0.225 e. The first-order chi connectivity index (χ1) is 8.25. The van der Waals surface area contributed by atoms with Crippen molar-refractivity contribution in [3.8, 4) is 0 Å². The summed E-state index contributed by atoms with van der Waals surface area (Å²) in [5.74, 6) is 1.57. The molecule has 1 fully saturated rings. The van der Waals surface area contributed by atoms with Crippen molar-refractivity contribution < 1.29 is 0 Å². The molecule has 92 valence electrons. The van der Waals surface area contributed by atoms with Gasteiger partial charge in [0, 0.05) is 45.1 Å². The molecule has 0 radical (unpaired) electrons. The molecule has 1 aromatic heterocycles. The molecule has 3 rings (SSSR count). The van der Waals surface area contributed by atoms with E-state index in [-0.39, 0.29) is 0 Å². The fraction of sp³-hybridized carbons (Fsp3) is 0.692. The lowest BCUT2D eigenvalue weighted by Gasteiger charge is -2.30. The molecule has 2 aliphatic rings. The molecule has 2 heterocycles. The van der Waals surface area contributed by atoms with Gasteiger partial charge in [0.25, 0.3) is 0 Å². The van der Waals surface area contributed by atoms with Crippen LogP contribution >= 0.6 is 0 Å². The molecule has 1 aromatic rings. The van der Waals surface area contributed by atoms with Gasteiger partial charge in [0.05, 0.1) is 11.4 Å². The molecule has 0 aromatic carbocycles. The zero-order valence-electron chi connectivity index (χ0n) is 10.7. The van der Waals surface area contributed by atoms with Crippen molar-refractivity contribution >= 4 is 5.95 Å². The molecule has 17 heavy (non-hydrogen) atoms. The van der Waals surface area contributed by atoms with Crippen molar-refractivity contribution in [2.24, 2.45) is 0 Å². The first-order valence-electron chi connectivity index (χ1n) is 6.53. The number of hydrogen-bond acceptors (Lipinski definition) is 4. The zero-order valence-corrected chi connectivity index (χ0v) is 10.7. The molecule has 0 amide bonds. The van der Waals surface area contributed by atoms with Crippen LogP contribution in [0.25, 0.3) is 0 Å². The number of anilines is 1. The van der Waals surface area contributed by atoms with E-state index in [9.17, 15) is 0 Å². The summed E-state index contributed by atoms with van der Waals surface area (Å²) >= 11 is 0. The van der Waals surface area contributed by atoms with Gasteiger partial charge in [0.1, 0.15) is 0 Å². The van der Waals surface area contributed by atoms with Crippen LogP contribution in [-0.2, 0) is 13.0 Å². The lowest BCUT2D eigenvalue weighted by molar-refractivity contribution is 0.404. The molecule has 0 atom stereocenters. The third-order valence-corrected chi connectivity index (χ3v) is 3.85. The van der Waals surface area contributed by atoms with Gasteiger partial charge in [-0.2, -0.15) is 0 Å². The number of nitrogens with zero attached hydrogens (tertiary/aromatic N) is 3. The third kappa shape index (κ3) is 1.90. The second-order valence-corrected chi connectivity index (χ2v) is 5.28. The van der Waals surface area contributed by atoms with E-state index >= 15 is 0 Å². The van der Waals surface area contributed by atoms with Crippen LogP contribution in [0.1, 0.15) is 42.1 Å². The Hall–Kier alpha value is -1.16. The molecule has 1 saturated carbocycles. The standard InChI is InChI=1S/C13H20N4/c1-17(2)13-15-11-6-7-14-8-10(11)12(16-13)9-4-3-5-9/h9,14H,3-8H2,1-2H3. The largest absolute Gasteiger partial charge is 0.347 e. The van der Waals surface area contributed by atoms with Crippen molar-refractivity contribution in [1.82, 2.24) is 15.3 Å². The second-order valence-electron chi connectivity index (χ2n) is 5.28. The zero-order chi connectivity index (χ0) is 11.8. The summed E-state index contributed by atoms with van der Waals surface area (Å²) in [5.41, 5.74) is 3.97. The first-order valence-corrected chi connectivity index (χ1v) is 6.53. The molecule has 0 unspecified atom stereocenters. The molecule has 0 bridgehead atoms. The fourth-order valence-electron chi connectivity index (χ4n) is 2.58. The fourth-order valence-corrected chi connectivity index (χ4v) is 2.58. The summed E-state index contributed by atoms with van der Waals surface area (Å²) in [6.45, 7) is 2.00. The van der Waals surface area contributed by atoms with E-state index in [0.717, 1.165) is 25.5 Å². The van der Waals surface area contributed by atoms with Crippen LogP contribution in [-0.4, -0.2) is 30.6 Å². The molecule has 4 heteroatoms. The molecular formula is C13H20N4. The minimum absolute atomic E-state index is 0.686. The van der Waals surface area contributed by atoms with Gasteiger partial charge in [-0.25, -0.2) is 9.97 Å². The van der Waals surface area contributed by atoms with Gasteiger partial charge in [-0.3, -0.25) is 0 Å². The van der Waals surface area contributed by atoms with Gasteiger partial charge < -0.3 is 10.2 Å². The van der Waals surface area contributed by atoms with Gasteiger partial charge in [0.15, 0.2) is 0 Å². The maximum atomic E-state index is 4.78. The molecule has 4 nitrogen and oxygen atoms in total. The number of nitrogens with one attached hydrogen (secondary N) is 1. The van der Waals surface area contributed by atoms with Gasteiger partial charge in [-0.15, -0.1) is 0 Å². The van der Waals surface area contributed by atoms with E-state index in [2.05, 4.69) is 10.3 Å². The van der Waals surface area contributed by atoms with Crippen molar-refractivity contribution in [3.05, 3.63) is 17.0 Å². The van der Waals surface area contributed by atoms with E-state index in [4.69, 9.17) is 4.98 Å². The average molecular weight is 232 g/mol. The molecule has 1 aliphatic carbocycles. The van der Waals surface area contributed by atoms with Crippen molar-refractivity contribution in [2.75, 3.05) is 25.5 Å². The highest BCUT2D eigenvalue weighted by molar-refractivity contribution is 5.39. The van der Waals surface area contributed by atoms with Crippen LogP contribution in [0, 0.1) is 0 Å². The van der Waals surface area contributed by atoms with Crippen LogP contribution in [0.3, 0.4) is 0 Å². The Bertz CT molecular complexity index is 424. The monoisotopic (exact) mass is 232 g/mol. The summed E-state index contributed by atoms with van der Waals surface area (Å²) in [6.07, 6.45) is 5.00. The number of aromatic nitrogens is 2. The van der Waals surface area contributed by atoms with Crippen molar-refractivity contribution in [2.45, 2.75) is 38.1 Å². The van der Waals surface area contributed by atoms with E-state index in [1.165, 1.54) is 36.2 Å². The van der Waals surface area contributed by atoms with Gasteiger partial charge >= 0.3 is 0 Å². The van der Waals surface area contributed by atoms with Crippen LogP contribution in [0.2, 0.25) is 0 Å². The highest BCUT2D eigenvalue weighted by Gasteiger charge is 2.27. The van der Waals surface area contributed by atoms with E-state index in [0.29, 0.717) is 5.92 Å². The Morgan fingerprint density at radius 2 is 2.06 bits per heavy atom. The van der Waals surface area contributed by atoms with Gasteiger partial charge in [0.2, 0.25) is 5.95 Å². The summed E-state index contributed by atoms with van der Waals surface area (Å²) in [5, 5.41) is 3.44. The third-order valence-electron chi connectivity index (χ3n) is 3.85. The van der Waals surface area contributed by atoms with Crippen molar-refractivity contribution in [1.29, 1.82) is 0 Å². The molecule has 1 N–H and O–H groups in total. The highest BCUT2D eigenvalue weighted by atomic mass is 15.2. The average Bonchev–Trinajstić information content (AvgIpc) is 2.26. The van der Waals surface area contributed by atoms with Gasteiger partial charge in [-0.05, 0) is 12.8 Å². The smallest absolute Gasteiger partial charge is 0.225 e. The highest BCUT2D eigenvalue weighted by Crippen LogP contribution is 2.38. The minimum atomic E-state index is 0.686. The van der Waals surface area contributed by atoms with Gasteiger partial charge in [-0.1, -0.05) is 6.42 Å². The lowest BCUT2D eigenvalue weighted by atomic mass is 9.80. The summed E-state index contributed by atoms with van der Waals surface area (Å²) in [4.78, 5) is 11.5. The Balaban J connectivity index is 2.06. The Kier molecular flexibility index (Phi) is 2.74. The summed E-state index contributed by atoms with van der Waals surface area (Å²) < 4.78 is 0. The topological polar surface area (TPSA) is 41.1 Å². The van der Waals surface area contributed by atoms with Crippen molar-refractivity contribution in [3.63, 3.8) is 0 Å². The quantitative estimate of drug-likeness (QED) is 0.838. The van der Waals surface area contributed by atoms with Crippen LogP contribution in [0.5, 0.6) is 0 Å².